The molecule has 0 aliphatic carbocycles. The van der Waals surface area contributed by atoms with Crippen LogP contribution in [0, 0.1) is 5.82 Å². The van der Waals surface area contributed by atoms with Crippen molar-refractivity contribution in [2.75, 3.05) is 12.0 Å². The number of nitrogens with zero attached hydrogens (tertiary/aromatic N) is 3. The van der Waals surface area contributed by atoms with E-state index in [-0.39, 0.29) is 11.3 Å². The quantitative estimate of drug-likeness (QED) is 0.426. The molecule has 2 aromatic heterocycles. The smallest absolute Gasteiger partial charge is 0.398 e. The molecule has 5 nitrogen and oxygen atoms in total. The lowest BCUT2D eigenvalue weighted by atomic mass is 10.1. The molecule has 3 aromatic rings. The van der Waals surface area contributed by atoms with Crippen LogP contribution >= 0.6 is 11.8 Å². The predicted molar refractivity (Wildman–Crippen MR) is 90.5 cm³/mol. The summed E-state index contributed by atoms with van der Waals surface area (Å²) in [6.45, 7) is -0.637. The Labute approximate surface area is 148 Å². The lowest BCUT2D eigenvalue weighted by molar-refractivity contribution is -0.138. The monoisotopic (exact) mass is 384 g/mol. The van der Waals surface area contributed by atoms with E-state index in [0.29, 0.717) is 10.5 Å². The number of nitrogen functional groups attached to an aromatic ring is 1. The third kappa shape index (κ3) is 3.24. The number of halogens is 4. The van der Waals surface area contributed by atoms with Gasteiger partial charge in [-0.25, -0.2) is 14.4 Å². The van der Waals surface area contributed by atoms with Gasteiger partial charge in [0.25, 0.3) is 5.56 Å². The maximum atomic E-state index is 14.1. The maximum Gasteiger partial charge on any atom is 0.416 e. The molecule has 0 atom stereocenters. The molecule has 0 bridgehead atoms. The highest BCUT2D eigenvalue weighted by Gasteiger charge is 2.34. The van der Waals surface area contributed by atoms with Crippen molar-refractivity contribution >= 4 is 28.5 Å². The molecule has 2 N–H and O–H groups in total. The number of pyridine rings is 1. The number of rotatable bonds is 3. The third-order valence-electron chi connectivity index (χ3n) is 3.78. The van der Waals surface area contributed by atoms with Crippen molar-refractivity contribution in [3.63, 3.8) is 0 Å². The van der Waals surface area contributed by atoms with Crippen LogP contribution in [0.5, 0.6) is 0 Å². The van der Waals surface area contributed by atoms with Gasteiger partial charge in [-0.2, -0.15) is 13.2 Å². The van der Waals surface area contributed by atoms with Gasteiger partial charge in [-0.15, -0.1) is 0 Å². The number of benzene rings is 1. The van der Waals surface area contributed by atoms with E-state index in [4.69, 9.17) is 5.73 Å². The van der Waals surface area contributed by atoms with Gasteiger partial charge in [0.15, 0.2) is 5.16 Å². The van der Waals surface area contributed by atoms with E-state index >= 15 is 0 Å². The predicted octanol–water partition coefficient (Wildman–Crippen LogP) is 3.30. The summed E-state index contributed by atoms with van der Waals surface area (Å²) >= 11 is 1.19. The highest BCUT2D eigenvalue weighted by atomic mass is 32.2. The molecule has 0 unspecified atom stereocenters. The normalized spacial score (nSPS) is 11.9. The lowest BCUT2D eigenvalue weighted by Crippen LogP contribution is -2.24. The van der Waals surface area contributed by atoms with Crippen LogP contribution in [0.15, 0.2) is 40.4 Å². The summed E-state index contributed by atoms with van der Waals surface area (Å²) < 4.78 is 54.8. The molecule has 2 heterocycles. The minimum Gasteiger partial charge on any atom is -0.398 e. The molecule has 0 amide bonds. The van der Waals surface area contributed by atoms with Gasteiger partial charge in [0.1, 0.15) is 11.5 Å². The number of thioether (sulfide) groups is 1. The number of nitrogens with two attached hydrogens (primary N) is 1. The van der Waals surface area contributed by atoms with Gasteiger partial charge in [0, 0.05) is 23.5 Å². The Balaban J connectivity index is 2.27. The van der Waals surface area contributed by atoms with Crippen LogP contribution in [-0.4, -0.2) is 20.8 Å². The largest absolute Gasteiger partial charge is 0.416 e. The lowest BCUT2D eigenvalue weighted by Gasteiger charge is -2.16. The van der Waals surface area contributed by atoms with Crippen LogP contribution in [-0.2, 0) is 12.7 Å². The van der Waals surface area contributed by atoms with E-state index < -0.39 is 35.2 Å². The second-order valence-electron chi connectivity index (χ2n) is 5.38. The maximum absolute atomic E-state index is 14.1. The molecule has 136 valence electrons. The molecular formula is C16H12F4N4OS. The molecule has 0 saturated carbocycles. The third-order valence-corrected chi connectivity index (χ3v) is 4.34. The minimum atomic E-state index is -4.76. The minimum absolute atomic E-state index is 0.0470. The van der Waals surface area contributed by atoms with E-state index in [0.717, 1.165) is 28.8 Å². The highest BCUT2D eigenvalue weighted by Crippen LogP contribution is 2.33. The van der Waals surface area contributed by atoms with Crippen molar-refractivity contribution in [1.82, 2.24) is 14.5 Å². The molecule has 10 heteroatoms. The topological polar surface area (TPSA) is 73.8 Å². The Bertz CT molecular complexity index is 1050. The first-order valence-electron chi connectivity index (χ1n) is 7.27. The van der Waals surface area contributed by atoms with Gasteiger partial charge < -0.3 is 5.73 Å². The fourth-order valence-electron chi connectivity index (χ4n) is 2.55. The Kier molecular flexibility index (Phi) is 4.61. The van der Waals surface area contributed by atoms with Crippen LogP contribution in [0.4, 0.5) is 23.2 Å². The fraction of sp³-hybridized carbons (Fsp3) is 0.188. The standard InChI is InChI=1S/C16H12F4N4OS/c1-26-15-22-6-8-12(21)5-13(25)24(14(8)23-15)7-9-10(16(18,19)20)3-2-4-11(9)17/h2-6H,7,21H2,1H3. The Morgan fingerprint density at radius 2 is 2.04 bits per heavy atom. The van der Waals surface area contributed by atoms with Crippen LogP contribution in [0.1, 0.15) is 11.1 Å². The molecule has 0 aliphatic rings. The van der Waals surface area contributed by atoms with Gasteiger partial charge in [0.05, 0.1) is 17.5 Å². The first-order chi connectivity index (χ1) is 12.2. The molecule has 0 fully saturated rings. The first-order valence-corrected chi connectivity index (χ1v) is 8.49. The summed E-state index contributed by atoms with van der Waals surface area (Å²) in [5, 5.41) is 0.605. The van der Waals surface area contributed by atoms with Crippen molar-refractivity contribution in [2.45, 2.75) is 17.9 Å². The molecule has 0 aliphatic heterocycles. The van der Waals surface area contributed by atoms with Crippen LogP contribution in [0.3, 0.4) is 0 Å². The zero-order valence-electron chi connectivity index (χ0n) is 13.3. The number of hydrogen-bond donors (Lipinski definition) is 1. The SMILES string of the molecule is CSc1ncc2c(N)cc(=O)n(Cc3c(F)cccc3C(F)(F)F)c2n1. The van der Waals surface area contributed by atoms with Gasteiger partial charge in [0.2, 0.25) is 0 Å². The van der Waals surface area contributed by atoms with Crippen molar-refractivity contribution in [1.29, 1.82) is 0 Å². The summed E-state index contributed by atoms with van der Waals surface area (Å²) in [5.41, 5.74) is 3.46. The fourth-order valence-corrected chi connectivity index (χ4v) is 2.89. The van der Waals surface area contributed by atoms with E-state index in [1.54, 1.807) is 6.26 Å². The second kappa shape index (κ2) is 6.60. The molecule has 1 aromatic carbocycles. The number of fused-ring (bicyclic) bond motifs is 1. The first kappa shape index (κ1) is 18.2. The number of hydrogen-bond acceptors (Lipinski definition) is 5. The van der Waals surface area contributed by atoms with Crippen LogP contribution in [0.25, 0.3) is 11.0 Å². The molecule has 26 heavy (non-hydrogen) atoms. The Morgan fingerprint density at radius 3 is 2.69 bits per heavy atom. The van der Waals surface area contributed by atoms with Gasteiger partial charge in [-0.05, 0) is 18.4 Å². The van der Waals surface area contributed by atoms with Crippen molar-refractivity contribution < 1.29 is 17.6 Å². The van der Waals surface area contributed by atoms with Crippen molar-refractivity contribution in [2.24, 2.45) is 0 Å². The second-order valence-corrected chi connectivity index (χ2v) is 6.16. The van der Waals surface area contributed by atoms with Gasteiger partial charge in [-0.3, -0.25) is 9.36 Å². The number of anilines is 1. The molecule has 0 spiro atoms. The van der Waals surface area contributed by atoms with Crippen molar-refractivity contribution in [3.8, 4) is 0 Å². The summed E-state index contributed by atoms with van der Waals surface area (Å²) in [6, 6.07) is 3.71. The van der Waals surface area contributed by atoms with E-state index in [2.05, 4.69) is 9.97 Å². The van der Waals surface area contributed by atoms with Crippen LogP contribution < -0.4 is 11.3 Å². The van der Waals surface area contributed by atoms with Gasteiger partial charge in [-0.1, -0.05) is 17.8 Å². The van der Waals surface area contributed by atoms with E-state index in [1.165, 1.54) is 18.0 Å². The summed E-state index contributed by atoms with van der Waals surface area (Å²) in [7, 11) is 0. The molecule has 0 radical (unpaired) electrons. The average Bonchev–Trinajstić information content (AvgIpc) is 2.58. The van der Waals surface area contributed by atoms with Crippen molar-refractivity contribution in [3.05, 3.63) is 57.8 Å². The number of alkyl halides is 3. The molecular weight excluding hydrogens is 372 g/mol. The average molecular weight is 384 g/mol. The summed E-state index contributed by atoms with van der Waals surface area (Å²) in [6.07, 6.45) is -1.68. The number of aromatic nitrogens is 3. The Morgan fingerprint density at radius 1 is 1.31 bits per heavy atom. The summed E-state index contributed by atoms with van der Waals surface area (Å²) in [5.74, 6) is -1.06. The zero-order chi connectivity index (χ0) is 19.1. The highest BCUT2D eigenvalue weighted by molar-refractivity contribution is 7.98. The van der Waals surface area contributed by atoms with Crippen LogP contribution in [0.2, 0.25) is 0 Å². The molecule has 0 saturated heterocycles. The van der Waals surface area contributed by atoms with Gasteiger partial charge >= 0.3 is 6.18 Å². The Hall–Kier alpha value is -2.62. The zero-order valence-corrected chi connectivity index (χ0v) is 14.2. The van der Waals surface area contributed by atoms with E-state index in [9.17, 15) is 22.4 Å². The molecule has 3 rings (SSSR count). The summed E-state index contributed by atoms with van der Waals surface area (Å²) in [4.78, 5) is 20.5. The van der Waals surface area contributed by atoms with E-state index in [1.807, 2.05) is 0 Å².